The molecular formula is C13H19BrO2. The van der Waals surface area contributed by atoms with Gasteiger partial charge in [0.2, 0.25) is 0 Å². The number of hydrogen-bond donors (Lipinski definition) is 0. The van der Waals surface area contributed by atoms with Crippen molar-refractivity contribution in [3.8, 4) is 0 Å². The van der Waals surface area contributed by atoms with E-state index >= 15 is 0 Å². The molecule has 2 nitrogen and oxygen atoms in total. The van der Waals surface area contributed by atoms with E-state index in [0.29, 0.717) is 5.41 Å². The summed E-state index contributed by atoms with van der Waals surface area (Å²) in [5.74, 6) is 0.756. The molecule has 0 aromatic heterocycles. The number of rotatable bonds is 1. The lowest BCUT2D eigenvalue weighted by Crippen LogP contribution is -2.59. The first kappa shape index (κ1) is 11.1. The van der Waals surface area contributed by atoms with Crippen LogP contribution in [0.5, 0.6) is 0 Å². The molecule has 0 aliphatic heterocycles. The average molecular weight is 287 g/mol. The van der Waals surface area contributed by atoms with Crippen molar-refractivity contribution in [2.24, 2.45) is 16.7 Å². The van der Waals surface area contributed by atoms with Gasteiger partial charge in [0.25, 0.3) is 0 Å². The van der Waals surface area contributed by atoms with Crippen molar-refractivity contribution in [3.05, 3.63) is 0 Å². The fourth-order valence-corrected chi connectivity index (χ4v) is 6.91. The molecule has 4 fully saturated rings. The van der Waals surface area contributed by atoms with Gasteiger partial charge in [0.15, 0.2) is 0 Å². The van der Waals surface area contributed by atoms with E-state index in [2.05, 4.69) is 22.9 Å². The zero-order valence-electron chi connectivity index (χ0n) is 10.0. The Labute approximate surface area is 105 Å². The van der Waals surface area contributed by atoms with Crippen molar-refractivity contribution in [1.29, 1.82) is 0 Å². The number of esters is 1. The Morgan fingerprint density at radius 3 is 2.56 bits per heavy atom. The Morgan fingerprint density at radius 1 is 1.25 bits per heavy atom. The predicted molar refractivity (Wildman–Crippen MR) is 65.4 cm³/mol. The molecule has 4 aliphatic rings. The molecule has 0 radical (unpaired) electrons. The molecular weight excluding hydrogens is 268 g/mol. The Hall–Kier alpha value is -0.0500. The molecule has 0 aromatic carbocycles. The standard InChI is InChI=1S/C13H19BrO2/c1-11-3-9-4-12(6-11,10(15)16-2)8-13(14,5-9)7-11/h9H,3-8H2,1-2H3/t9-,11+,12+,13-/m0/s1. The van der Waals surface area contributed by atoms with Gasteiger partial charge in [-0.25, -0.2) is 0 Å². The van der Waals surface area contributed by atoms with Crippen LogP contribution in [0.15, 0.2) is 0 Å². The number of methoxy groups -OCH3 is 1. The number of hydrogen-bond acceptors (Lipinski definition) is 2. The molecule has 16 heavy (non-hydrogen) atoms. The Balaban J connectivity index is 2.01. The summed E-state index contributed by atoms with van der Waals surface area (Å²) in [7, 11) is 1.53. The number of carbonyl (C=O) groups excluding carboxylic acids is 1. The van der Waals surface area contributed by atoms with E-state index in [1.165, 1.54) is 26.4 Å². The van der Waals surface area contributed by atoms with Gasteiger partial charge in [-0.1, -0.05) is 22.9 Å². The van der Waals surface area contributed by atoms with E-state index in [4.69, 9.17) is 4.74 Å². The monoisotopic (exact) mass is 286 g/mol. The van der Waals surface area contributed by atoms with Gasteiger partial charge in [0.1, 0.15) is 0 Å². The third kappa shape index (κ3) is 1.40. The molecule has 0 N–H and O–H groups in total. The van der Waals surface area contributed by atoms with Gasteiger partial charge in [-0.05, 0) is 49.9 Å². The summed E-state index contributed by atoms with van der Waals surface area (Å²) in [5.41, 5.74) is 0.184. The van der Waals surface area contributed by atoms with Crippen molar-refractivity contribution in [3.63, 3.8) is 0 Å². The van der Waals surface area contributed by atoms with Gasteiger partial charge >= 0.3 is 5.97 Å². The molecule has 3 heteroatoms. The summed E-state index contributed by atoms with van der Waals surface area (Å²) >= 11 is 3.92. The van der Waals surface area contributed by atoms with Crippen LogP contribution in [0.3, 0.4) is 0 Å². The normalized spacial score (nSPS) is 54.1. The summed E-state index contributed by atoms with van der Waals surface area (Å²) in [6.45, 7) is 2.35. The number of halogens is 1. The molecule has 4 aliphatic carbocycles. The third-order valence-electron chi connectivity index (χ3n) is 4.90. The highest BCUT2D eigenvalue weighted by atomic mass is 79.9. The van der Waals surface area contributed by atoms with Crippen LogP contribution in [-0.4, -0.2) is 17.4 Å². The van der Waals surface area contributed by atoms with Crippen molar-refractivity contribution in [2.75, 3.05) is 7.11 Å². The van der Waals surface area contributed by atoms with Crippen molar-refractivity contribution < 1.29 is 9.53 Å². The first-order valence-electron chi connectivity index (χ1n) is 6.16. The predicted octanol–water partition coefficient (Wildman–Crippen LogP) is 3.28. The summed E-state index contributed by atoms with van der Waals surface area (Å²) in [4.78, 5) is 12.1. The molecule has 0 spiro atoms. The second-order valence-electron chi connectivity index (χ2n) is 6.74. The van der Waals surface area contributed by atoms with E-state index in [-0.39, 0.29) is 15.7 Å². The lowest BCUT2D eigenvalue weighted by molar-refractivity contribution is -0.173. The maximum Gasteiger partial charge on any atom is 0.311 e. The highest BCUT2D eigenvalue weighted by Crippen LogP contribution is 2.69. The number of ether oxygens (including phenoxy) is 1. The van der Waals surface area contributed by atoms with Gasteiger partial charge in [0.05, 0.1) is 12.5 Å². The fraction of sp³-hybridized carbons (Fsp3) is 0.923. The molecule has 0 unspecified atom stereocenters. The molecule has 4 bridgehead atoms. The maximum atomic E-state index is 12.1. The average Bonchev–Trinajstić information content (AvgIpc) is 2.10. The number of alkyl halides is 1. The summed E-state index contributed by atoms with van der Waals surface area (Å²) < 4.78 is 5.28. The topological polar surface area (TPSA) is 26.3 Å². The summed E-state index contributed by atoms with van der Waals surface area (Å²) in [6.07, 6.45) is 6.87. The van der Waals surface area contributed by atoms with E-state index in [1.54, 1.807) is 0 Å². The van der Waals surface area contributed by atoms with E-state index < -0.39 is 0 Å². The zero-order valence-corrected chi connectivity index (χ0v) is 11.6. The lowest BCUT2D eigenvalue weighted by atomic mass is 9.44. The lowest BCUT2D eigenvalue weighted by Gasteiger charge is -2.63. The fourth-order valence-electron chi connectivity index (χ4n) is 5.24. The Kier molecular flexibility index (Phi) is 2.10. The van der Waals surface area contributed by atoms with Crippen LogP contribution in [-0.2, 0) is 9.53 Å². The van der Waals surface area contributed by atoms with Gasteiger partial charge in [0, 0.05) is 4.32 Å². The van der Waals surface area contributed by atoms with Crippen molar-refractivity contribution >= 4 is 21.9 Å². The molecule has 0 heterocycles. The molecule has 0 amide bonds. The zero-order chi connectivity index (χ0) is 11.6. The Bertz CT molecular complexity index is 334. The number of carbonyl (C=O) groups is 1. The minimum absolute atomic E-state index is 0.0339. The van der Waals surface area contributed by atoms with Gasteiger partial charge in [-0.15, -0.1) is 0 Å². The molecule has 4 atom stereocenters. The van der Waals surface area contributed by atoms with Crippen LogP contribution >= 0.6 is 15.9 Å². The van der Waals surface area contributed by atoms with Crippen LogP contribution in [0, 0.1) is 16.7 Å². The van der Waals surface area contributed by atoms with E-state index in [0.717, 1.165) is 25.2 Å². The van der Waals surface area contributed by atoms with Crippen LogP contribution in [0.25, 0.3) is 0 Å². The second kappa shape index (κ2) is 3.04. The second-order valence-corrected chi connectivity index (χ2v) is 8.42. The molecule has 4 rings (SSSR count). The smallest absolute Gasteiger partial charge is 0.311 e. The van der Waals surface area contributed by atoms with E-state index in [9.17, 15) is 4.79 Å². The largest absolute Gasteiger partial charge is 0.469 e. The van der Waals surface area contributed by atoms with Gasteiger partial charge < -0.3 is 4.74 Å². The molecule has 0 aromatic rings. The quantitative estimate of drug-likeness (QED) is 0.546. The minimum atomic E-state index is -0.174. The van der Waals surface area contributed by atoms with Crippen LogP contribution in [0.4, 0.5) is 0 Å². The highest BCUT2D eigenvalue weighted by Gasteiger charge is 2.64. The van der Waals surface area contributed by atoms with Crippen LogP contribution in [0.2, 0.25) is 0 Å². The highest BCUT2D eigenvalue weighted by molar-refractivity contribution is 9.10. The third-order valence-corrected chi connectivity index (χ3v) is 5.78. The first-order valence-corrected chi connectivity index (χ1v) is 6.96. The van der Waals surface area contributed by atoms with Gasteiger partial charge in [-0.3, -0.25) is 4.79 Å². The minimum Gasteiger partial charge on any atom is -0.469 e. The molecule has 90 valence electrons. The SMILES string of the molecule is COC(=O)[C@@]12C[C@@H]3C[C@@](C)(C[C@@](Br)(C3)C1)C2. The summed E-state index contributed by atoms with van der Waals surface area (Å²) in [6, 6.07) is 0. The first-order chi connectivity index (χ1) is 7.39. The molecule has 0 saturated heterocycles. The van der Waals surface area contributed by atoms with Crippen molar-refractivity contribution in [2.45, 2.75) is 49.8 Å². The molecule has 4 saturated carbocycles. The maximum absolute atomic E-state index is 12.1. The van der Waals surface area contributed by atoms with Crippen LogP contribution in [0.1, 0.15) is 45.4 Å². The van der Waals surface area contributed by atoms with Gasteiger partial charge in [-0.2, -0.15) is 0 Å². The summed E-state index contributed by atoms with van der Waals surface area (Å²) in [5, 5.41) is 0. The van der Waals surface area contributed by atoms with Crippen molar-refractivity contribution in [1.82, 2.24) is 0 Å². The Morgan fingerprint density at radius 2 is 2.00 bits per heavy atom. The van der Waals surface area contributed by atoms with E-state index in [1.807, 2.05) is 0 Å². The van der Waals surface area contributed by atoms with Crippen LogP contribution < -0.4 is 0 Å².